The lowest BCUT2D eigenvalue weighted by atomic mass is 10.1. The van der Waals surface area contributed by atoms with Gasteiger partial charge >= 0.3 is 0 Å². The molecule has 0 aliphatic heterocycles. The highest BCUT2D eigenvalue weighted by Gasteiger charge is 2.09. The number of carbonyl (C=O) groups excluding carboxylic acids is 2. The molecular formula is C26H23N5O2. The molecule has 0 aliphatic rings. The molecule has 7 nitrogen and oxygen atoms in total. The summed E-state index contributed by atoms with van der Waals surface area (Å²) in [5.74, 6) is 0.848. The Bertz CT molecular complexity index is 1310. The molecule has 4 aromatic rings. The summed E-state index contributed by atoms with van der Waals surface area (Å²) in [7, 11) is 0. The Morgan fingerprint density at radius 1 is 0.727 bits per heavy atom. The van der Waals surface area contributed by atoms with E-state index in [9.17, 15) is 9.59 Å². The molecule has 0 saturated carbocycles. The minimum Gasteiger partial charge on any atom is -0.340 e. The van der Waals surface area contributed by atoms with Crippen LogP contribution in [-0.4, -0.2) is 21.8 Å². The van der Waals surface area contributed by atoms with Crippen LogP contribution in [-0.2, 0) is 4.79 Å². The molecule has 0 unspecified atom stereocenters. The molecule has 4 rings (SSSR count). The van der Waals surface area contributed by atoms with Crippen molar-refractivity contribution in [2.24, 2.45) is 0 Å². The van der Waals surface area contributed by atoms with Crippen LogP contribution in [0.2, 0.25) is 0 Å². The number of benzene rings is 3. The first-order valence-corrected chi connectivity index (χ1v) is 10.4. The van der Waals surface area contributed by atoms with E-state index in [1.165, 1.54) is 6.92 Å². The summed E-state index contributed by atoms with van der Waals surface area (Å²) in [6, 6.07) is 26.0. The van der Waals surface area contributed by atoms with Crippen LogP contribution in [0.4, 0.5) is 22.9 Å². The van der Waals surface area contributed by atoms with Gasteiger partial charge in [0.25, 0.3) is 5.91 Å². The zero-order chi connectivity index (χ0) is 23.2. The lowest BCUT2D eigenvalue weighted by Crippen LogP contribution is -2.13. The van der Waals surface area contributed by atoms with Crippen LogP contribution in [0.15, 0.2) is 84.9 Å². The van der Waals surface area contributed by atoms with Gasteiger partial charge in [-0.25, -0.2) is 9.97 Å². The van der Waals surface area contributed by atoms with Gasteiger partial charge in [0, 0.05) is 41.2 Å². The first-order valence-electron chi connectivity index (χ1n) is 10.4. The summed E-state index contributed by atoms with van der Waals surface area (Å²) >= 11 is 0. The van der Waals surface area contributed by atoms with Crippen molar-refractivity contribution in [3.8, 4) is 11.3 Å². The fraction of sp³-hybridized carbons (Fsp3) is 0.0769. The van der Waals surface area contributed by atoms with Gasteiger partial charge in [-0.3, -0.25) is 9.59 Å². The minimum atomic E-state index is -0.274. The second kappa shape index (κ2) is 9.74. The third-order valence-corrected chi connectivity index (χ3v) is 4.75. The predicted octanol–water partition coefficient (Wildman–Crippen LogP) is 5.41. The van der Waals surface area contributed by atoms with Crippen molar-refractivity contribution in [1.82, 2.24) is 9.97 Å². The third-order valence-electron chi connectivity index (χ3n) is 4.75. The first-order chi connectivity index (χ1) is 16.0. The van der Waals surface area contributed by atoms with E-state index in [0.29, 0.717) is 28.6 Å². The second-order valence-electron chi connectivity index (χ2n) is 7.47. The Balaban J connectivity index is 1.50. The number of nitrogens with one attached hydrogen (secondary N) is 3. The fourth-order valence-electron chi connectivity index (χ4n) is 3.36. The van der Waals surface area contributed by atoms with Crippen molar-refractivity contribution >= 4 is 34.7 Å². The Morgan fingerprint density at radius 2 is 1.42 bits per heavy atom. The number of hydrogen-bond acceptors (Lipinski definition) is 5. The van der Waals surface area contributed by atoms with Gasteiger partial charge in [0.2, 0.25) is 5.91 Å². The van der Waals surface area contributed by atoms with Crippen molar-refractivity contribution in [1.29, 1.82) is 0 Å². The highest BCUT2D eigenvalue weighted by Crippen LogP contribution is 2.24. The van der Waals surface area contributed by atoms with Crippen LogP contribution in [0.25, 0.3) is 11.3 Å². The first kappa shape index (κ1) is 21.7. The van der Waals surface area contributed by atoms with Crippen molar-refractivity contribution in [2.75, 3.05) is 16.0 Å². The Labute approximate surface area is 191 Å². The summed E-state index contributed by atoms with van der Waals surface area (Å²) in [6.07, 6.45) is 0. The lowest BCUT2D eigenvalue weighted by Gasteiger charge is -2.11. The van der Waals surface area contributed by atoms with Crippen LogP contribution < -0.4 is 16.0 Å². The molecule has 2 amide bonds. The quantitative estimate of drug-likeness (QED) is 0.375. The van der Waals surface area contributed by atoms with Crippen molar-refractivity contribution in [3.05, 3.63) is 96.3 Å². The van der Waals surface area contributed by atoms with E-state index in [2.05, 4.69) is 25.9 Å². The average Bonchev–Trinajstić information content (AvgIpc) is 2.79. The van der Waals surface area contributed by atoms with Crippen LogP contribution in [0.5, 0.6) is 0 Å². The molecule has 3 N–H and O–H groups in total. The topological polar surface area (TPSA) is 96.0 Å². The molecule has 1 heterocycles. The molecule has 7 heteroatoms. The second-order valence-corrected chi connectivity index (χ2v) is 7.47. The molecule has 0 radical (unpaired) electrons. The van der Waals surface area contributed by atoms with Gasteiger partial charge in [-0.2, -0.15) is 0 Å². The Kier molecular flexibility index (Phi) is 6.40. The van der Waals surface area contributed by atoms with Gasteiger partial charge in [-0.15, -0.1) is 0 Å². The summed E-state index contributed by atoms with van der Waals surface area (Å²) in [5, 5.41) is 8.86. The van der Waals surface area contributed by atoms with E-state index < -0.39 is 0 Å². The van der Waals surface area contributed by atoms with Gasteiger partial charge < -0.3 is 16.0 Å². The molecule has 3 aromatic carbocycles. The molecule has 0 fully saturated rings. The molecule has 0 aliphatic carbocycles. The minimum absolute atomic E-state index is 0.193. The molecule has 164 valence electrons. The molecule has 1 aromatic heterocycles. The summed E-state index contributed by atoms with van der Waals surface area (Å²) < 4.78 is 0. The maximum absolute atomic E-state index is 12.7. The molecule has 33 heavy (non-hydrogen) atoms. The van der Waals surface area contributed by atoms with E-state index in [-0.39, 0.29) is 11.8 Å². The normalized spacial score (nSPS) is 10.4. The molecule has 0 atom stereocenters. The highest BCUT2D eigenvalue weighted by molar-refractivity contribution is 6.05. The van der Waals surface area contributed by atoms with Gasteiger partial charge in [-0.05, 0) is 43.3 Å². The average molecular weight is 438 g/mol. The number of aryl methyl sites for hydroxylation is 1. The fourth-order valence-corrected chi connectivity index (χ4v) is 3.36. The van der Waals surface area contributed by atoms with Crippen LogP contribution in [0, 0.1) is 6.92 Å². The summed E-state index contributed by atoms with van der Waals surface area (Å²) in [5.41, 5.74) is 4.25. The smallest absolute Gasteiger partial charge is 0.255 e. The number of nitrogens with zero attached hydrogens (tertiary/aromatic N) is 2. The van der Waals surface area contributed by atoms with E-state index in [1.807, 2.05) is 61.5 Å². The molecule has 0 bridgehead atoms. The summed E-state index contributed by atoms with van der Waals surface area (Å²) in [6.45, 7) is 3.27. The summed E-state index contributed by atoms with van der Waals surface area (Å²) in [4.78, 5) is 33.0. The molecule has 0 saturated heterocycles. The van der Waals surface area contributed by atoms with Gasteiger partial charge in [-0.1, -0.05) is 42.5 Å². The number of hydrogen-bond donors (Lipinski definition) is 3. The van der Waals surface area contributed by atoms with Gasteiger partial charge in [0.05, 0.1) is 5.69 Å². The Morgan fingerprint density at radius 3 is 2.18 bits per heavy atom. The monoisotopic (exact) mass is 437 g/mol. The van der Waals surface area contributed by atoms with Gasteiger partial charge in [0.1, 0.15) is 11.6 Å². The number of aromatic nitrogens is 2. The van der Waals surface area contributed by atoms with Crippen LogP contribution >= 0.6 is 0 Å². The van der Waals surface area contributed by atoms with E-state index >= 15 is 0 Å². The standard InChI is InChI=1S/C26H23N5O2/c1-17-27-24(19-8-4-3-5-9-19)16-25(28-17)30-22-12-7-13-23(15-22)31-26(33)20-10-6-11-21(14-20)29-18(2)32/h3-16H,1-2H3,(H,29,32)(H,31,33)(H,27,28,30). The zero-order valence-corrected chi connectivity index (χ0v) is 18.3. The number of rotatable bonds is 6. The molecule has 0 spiro atoms. The largest absolute Gasteiger partial charge is 0.340 e. The van der Waals surface area contributed by atoms with Gasteiger partial charge in [0.15, 0.2) is 0 Å². The van der Waals surface area contributed by atoms with Crippen molar-refractivity contribution < 1.29 is 9.59 Å². The molecular weight excluding hydrogens is 414 g/mol. The van der Waals surface area contributed by atoms with Crippen LogP contribution in [0.3, 0.4) is 0 Å². The van der Waals surface area contributed by atoms with Crippen molar-refractivity contribution in [3.63, 3.8) is 0 Å². The number of carbonyl (C=O) groups is 2. The van der Waals surface area contributed by atoms with E-state index in [4.69, 9.17) is 0 Å². The van der Waals surface area contributed by atoms with E-state index in [1.54, 1.807) is 30.3 Å². The predicted molar refractivity (Wildman–Crippen MR) is 131 cm³/mol. The van der Waals surface area contributed by atoms with Crippen molar-refractivity contribution in [2.45, 2.75) is 13.8 Å². The number of anilines is 4. The van der Waals surface area contributed by atoms with Crippen LogP contribution in [0.1, 0.15) is 23.1 Å². The third kappa shape index (κ3) is 5.80. The Hall–Kier alpha value is -4.52. The zero-order valence-electron chi connectivity index (χ0n) is 18.3. The lowest BCUT2D eigenvalue weighted by molar-refractivity contribution is -0.114. The maximum Gasteiger partial charge on any atom is 0.255 e. The SMILES string of the molecule is CC(=O)Nc1cccc(C(=O)Nc2cccc(Nc3cc(-c4ccccc4)nc(C)n3)c2)c1. The number of amides is 2. The van der Waals surface area contributed by atoms with E-state index in [0.717, 1.165) is 16.9 Å². The highest BCUT2D eigenvalue weighted by atomic mass is 16.2. The maximum atomic E-state index is 12.7.